The lowest BCUT2D eigenvalue weighted by atomic mass is 10.0. The van der Waals surface area contributed by atoms with Crippen LogP contribution in [0.15, 0.2) is 45.6 Å². The summed E-state index contributed by atoms with van der Waals surface area (Å²) in [6, 6.07) is 11.1. The van der Waals surface area contributed by atoms with Gasteiger partial charge >= 0.3 is 11.6 Å². The molecule has 0 saturated carbocycles. The van der Waals surface area contributed by atoms with Crippen molar-refractivity contribution in [1.82, 2.24) is 4.98 Å². The number of hydrogen-bond acceptors (Lipinski definition) is 7. The van der Waals surface area contributed by atoms with Gasteiger partial charge in [-0.1, -0.05) is 45.1 Å². The Labute approximate surface area is 206 Å². The summed E-state index contributed by atoms with van der Waals surface area (Å²) in [5, 5.41) is 0.742. The molecule has 0 amide bonds. The molecule has 188 valence electrons. The van der Waals surface area contributed by atoms with Crippen molar-refractivity contribution in [2.24, 2.45) is 0 Å². The van der Waals surface area contributed by atoms with Crippen molar-refractivity contribution in [2.45, 2.75) is 65.2 Å². The Kier molecular flexibility index (Phi) is 10.1. The van der Waals surface area contributed by atoms with Crippen LogP contribution < -0.4 is 15.1 Å². The van der Waals surface area contributed by atoms with Crippen molar-refractivity contribution < 1.29 is 23.4 Å². The second-order valence-corrected chi connectivity index (χ2v) is 8.57. The van der Waals surface area contributed by atoms with Crippen LogP contribution in [0.1, 0.15) is 63.9 Å². The highest BCUT2D eigenvalue weighted by Gasteiger charge is 2.12. The number of aromatic nitrogens is 1. The number of esters is 1. The van der Waals surface area contributed by atoms with Crippen LogP contribution in [0, 0.1) is 6.92 Å². The summed E-state index contributed by atoms with van der Waals surface area (Å²) in [6.45, 7) is 4.84. The molecular weight excluding hydrogens is 446 g/mol. The van der Waals surface area contributed by atoms with Gasteiger partial charge in [-0.15, -0.1) is 0 Å². The first-order valence-electron chi connectivity index (χ1n) is 12.4. The van der Waals surface area contributed by atoms with E-state index in [2.05, 4.69) is 4.98 Å². The van der Waals surface area contributed by atoms with E-state index in [0.717, 1.165) is 67.2 Å². The molecule has 0 aliphatic carbocycles. The number of methoxy groups -OCH3 is 1. The fourth-order valence-corrected chi connectivity index (χ4v) is 3.87. The lowest BCUT2D eigenvalue weighted by molar-refractivity contribution is -0.143. The van der Waals surface area contributed by atoms with Crippen molar-refractivity contribution in [3.8, 4) is 22.8 Å². The van der Waals surface area contributed by atoms with E-state index < -0.39 is 5.63 Å². The summed E-state index contributed by atoms with van der Waals surface area (Å²) in [4.78, 5) is 28.1. The van der Waals surface area contributed by atoms with Gasteiger partial charge in [-0.3, -0.25) is 4.79 Å². The van der Waals surface area contributed by atoms with Gasteiger partial charge in [0.15, 0.2) is 0 Å². The predicted octanol–water partition coefficient (Wildman–Crippen LogP) is 6.23. The Morgan fingerprint density at radius 3 is 2.31 bits per heavy atom. The zero-order valence-corrected chi connectivity index (χ0v) is 20.9. The first-order valence-corrected chi connectivity index (χ1v) is 12.4. The molecule has 35 heavy (non-hydrogen) atoms. The molecule has 0 aliphatic rings. The number of hydrogen-bond donors (Lipinski definition) is 0. The largest absolute Gasteiger partial charge is 0.497 e. The van der Waals surface area contributed by atoms with Gasteiger partial charge in [0.05, 0.1) is 25.9 Å². The Morgan fingerprint density at radius 2 is 1.63 bits per heavy atom. The number of fused-ring (bicyclic) bond motifs is 1. The summed E-state index contributed by atoms with van der Waals surface area (Å²) in [5.41, 5.74) is 2.07. The highest BCUT2D eigenvalue weighted by Crippen LogP contribution is 2.27. The minimum Gasteiger partial charge on any atom is -0.497 e. The number of carbonyl (C=O) groups is 1. The third kappa shape index (κ3) is 7.84. The van der Waals surface area contributed by atoms with Gasteiger partial charge in [0.25, 0.3) is 0 Å². The molecule has 0 spiro atoms. The third-order valence-electron chi connectivity index (χ3n) is 5.89. The van der Waals surface area contributed by atoms with Gasteiger partial charge in [0.1, 0.15) is 5.75 Å². The molecule has 2 aromatic heterocycles. The predicted molar refractivity (Wildman–Crippen MR) is 136 cm³/mol. The maximum atomic E-state index is 12.6. The number of nitrogens with zero attached hydrogens (tertiary/aromatic N) is 1. The smallest absolute Gasteiger partial charge is 0.345 e. The van der Waals surface area contributed by atoms with Crippen LogP contribution in [0.5, 0.6) is 11.6 Å². The first-order chi connectivity index (χ1) is 17.0. The molecule has 0 saturated heterocycles. The number of unbranched alkanes of at least 4 members (excludes halogenated alkanes) is 6. The Hall–Kier alpha value is -3.35. The van der Waals surface area contributed by atoms with Crippen LogP contribution in [-0.2, 0) is 9.53 Å². The number of aryl methyl sites for hydroxylation is 1. The van der Waals surface area contributed by atoms with Crippen LogP contribution >= 0.6 is 0 Å². The topological polar surface area (TPSA) is 87.9 Å². The molecule has 0 bridgehead atoms. The van der Waals surface area contributed by atoms with Gasteiger partial charge in [-0.05, 0) is 55.2 Å². The number of benzene rings is 1. The Bertz CT molecular complexity index is 1170. The van der Waals surface area contributed by atoms with Crippen molar-refractivity contribution in [2.75, 3.05) is 20.3 Å². The molecule has 0 fully saturated rings. The maximum absolute atomic E-state index is 12.6. The lowest BCUT2D eigenvalue weighted by Gasteiger charge is -2.09. The van der Waals surface area contributed by atoms with E-state index in [9.17, 15) is 9.59 Å². The van der Waals surface area contributed by atoms with Crippen molar-refractivity contribution >= 4 is 17.1 Å². The molecule has 2 heterocycles. The lowest BCUT2D eigenvalue weighted by Crippen LogP contribution is -2.05. The fourth-order valence-electron chi connectivity index (χ4n) is 3.87. The monoisotopic (exact) mass is 481 g/mol. The van der Waals surface area contributed by atoms with Crippen LogP contribution in [0.3, 0.4) is 0 Å². The van der Waals surface area contributed by atoms with Crippen LogP contribution in [0.4, 0.5) is 0 Å². The highest BCUT2D eigenvalue weighted by molar-refractivity contribution is 5.80. The first kappa shape index (κ1) is 26.3. The van der Waals surface area contributed by atoms with E-state index in [-0.39, 0.29) is 11.7 Å². The molecular formula is C28H35NO6. The van der Waals surface area contributed by atoms with Gasteiger partial charge in [-0.2, -0.15) is 4.98 Å². The summed E-state index contributed by atoms with van der Waals surface area (Å²) >= 11 is 0. The minimum atomic E-state index is -0.432. The van der Waals surface area contributed by atoms with Gasteiger partial charge in [0, 0.05) is 17.9 Å². The van der Waals surface area contributed by atoms with E-state index in [1.54, 1.807) is 26.2 Å². The van der Waals surface area contributed by atoms with Gasteiger partial charge < -0.3 is 18.6 Å². The number of rotatable bonds is 14. The van der Waals surface area contributed by atoms with E-state index in [1.807, 2.05) is 31.2 Å². The zero-order chi connectivity index (χ0) is 25.0. The van der Waals surface area contributed by atoms with Crippen molar-refractivity contribution in [3.63, 3.8) is 0 Å². The molecule has 0 atom stereocenters. The standard InChI is InChI=1S/C28H35NO6/c1-4-26(30)34-17-11-9-7-5-6-8-10-16-33-25-15-12-21-19-24(28(31)35-27(21)29-25)23-14-13-22(32-3)18-20(23)2/h12-15,18-19H,4-11,16-17H2,1-3H3. The van der Waals surface area contributed by atoms with Crippen LogP contribution in [-0.4, -0.2) is 31.3 Å². The molecule has 0 unspecified atom stereocenters. The molecule has 3 rings (SSSR count). The van der Waals surface area contributed by atoms with Gasteiger partial charge in [0.2, 0.25) is 11.6 Å². The van der Waals surface area contributed by atoms with E-state index in [0.29, 0.717) is 31.1 Å². The second kappa shape index (κ2) is 13.5. The van der Waals surface area contributed by atoms with E-state index in [4.69, 9.17) is 18.6 Å². The zero-order valence-electron chi connectivity index (χ0n) is 20.9. The second-order valence-electron chi connectivity index (χ2n) is 8.57. The minimum absolute atomic E-state index is 0.124. The quantitative estimate of drug-likeness (QED) is 0.199. The molecule has 0 radical (unpaired) electrons. The van der Waals surface area contributed by atoms with Crippen LogP contribution in [0.25, 0.3) is 22.2 Å². The average Bonchev–Trinajstić information content (AvgIpc) is 2.86. The Morgan fingerprint density at radius 1 is 0.914 bits per heavy atom. The average molecular weight is 482 g/mol. The molecule has 1 aromatic carbocycles. The summed E-state index contributed by atoms with van der Waals surface area (Å²) in [6.07, 6.45) is 7.93. The maximum Gasteiger partial charge on any atom is 0.345 e. The molecule has 0 N–H and O–H groups in total. The fraction of sp³-hybridized carbons (Fsp3) is 0.464. The number of carbonyl (C=O) groups excluding carboxylic acids is 1. The van der Waals surface area contributed by atoms with Crippen LogP contribution in [0.2, 0.25) is 0 Å². The molecule has 3 aromatic rings. The van der Waals surface area contributed by atoms with Crippen molar-refractivity contribution in [1.29, 1.82) is 0 Å². The SMILES string of the molecule is CCC(=O)OCCCCCCCCCOc1ccc2cc(-c3ccc(OC)cc3C)c(=O)oc2n1. The van der Waals surface area contributed by atoms with E-state index in [1.165, 1.54) is 0 Å². The molecule has 7 nitrogen and oxygen atoms in total. The number of pyridine rings is 1. The van der Waals surface area contributed by atoms with Gasteiger partial charge in [-0.25, -0.2) is 4.79 Å². The summed E-state index contributed by atoms with van der Waals surface area (Å²) in [7, 11) is 1.61. The number of ether oxygens (including phenoxy) is 3. The van der Waals surface area contributed by atoms with Crippen molar-refractivity contribution in [3.05, 3.63) is 52.4 Å². The molecule has 7 heteroatoms. The third-order valence-corrected chi connectivity index (χ3v) is 5.89. The Balaban J connectivity index is 1.43. The summed E-state index contributed by atoms with van der Waals surface area (Å²) < 4.78 is 21.6. The summed E-state index contributed by atoms with van der Waals surface area (Å²) in [5.74, 6) is 1.07. The van der Waals surface area contributed by atoms with E-state index >= 15 is 0 Å². The highest BCUT2D eigenvalue weighted by atomic mass is 16.5. The normalized spacial score (nSPS) is 10.9. The molecule has 0 aliphatic heterocycles.